The molecule has 176 valence electrons. The minimum Gasteiger partial charge on any atom is -0.348 e. The van der Waals surface area contributed by atoms with Gasteiger partial charge in [0.1, 0.15) is 17.0 Å². The SMILES string of the molecule is CC1CN(CC(=O)Nc2ccccc2N(C)S(C)(=O)=O)CC(C)N1c1ncnc2sccc12. The van der Waals surface area contributed by atoms with Gasteiger partial charge in [-0.15, -0.1) is 11.3 Å². The van der Waals surface area contributed by atoms with E-state index in [4.69, 9.17) is 0 Å². The molecule has 2 atom stereocenters. The Kier molecular flexibility index (Phi) is 6.55. The van der Waals surface area contributed by atoms with E-state index in [0.717, 1.165) is 22.3 Å². The lowest BCUT2D eigenvalue weighted by atomic mass is 10.1. The van der Waals surface area contributed by atoms with Crippen LogP contribution in [0.4, 0.5) is 17.2 Å². The van der Waals surface area contributed by atoms with Crippen molar-refractivity contribution in [3.8, 4) is 0 Å². The van der Waals surface area contributed by atoms with E-state index >= 15 is 0 Å². The molecule has 0 bridgehead atoms. The molecule has 1 aliphatic heterocycles. The summed E-state index contributed by atoms with van der Waals surface area (Å²) in [5, 5.41) is 5.96. The Morgan fingerprint density at radius 3 is 2.58 bits per heavy atom. The van der Waals surface area contributed by atoms with E-state index < -0.39 is 10.0 Å². The van der Waals surface area contributed by atoms with Crippen molar-refractivity contribution in [3.63, 3.8) is 0 Å². The summed E-state index contributed by atoms with van der Waals surface area (Å²) in [6.45, 7) is 5.90. The quantitative estimate of drug-likeness (QED) is 0.569. The first-order chi connectivity index (χ1) is 15.6. The van der Waals surface area contributed by atoms with Gasteiger partial charge in [-0.3, -0.25) is 14.0 Å². The molecule has 1 amide bonds. The fourth-order valence-corrected chi connectivity index (χ4v) is 5.63. The summed E-state index contributed by atoms with van der Waals surface area (Å²) < 4.78 is 25.1. The van der Waals surface area contributed by atoms with Gasteiger partial charge >= 0.3 is 0 Å². The molecule has 1 aromatic carbocycles. The third kappa shape index (κ3) is 4.94. The number of carbonyl (C=O) groups excluding carboxylic acids is 1. The average Bonchev–Trinajstić information content (AvgIpc) is 3.22. The number of hydrogen-bond acceptors (Lipinski definition) is 8. The van der Waals surface area contributed by atoms with Crippen LogP contribution in [0.5, 0.6) is 0 Å². The van der Waals surface area contributed by atoms with Gasteiger partial charge in [0.15, 0.2) is 0 Å². The Hall–Kier alpha value is -2.76. The standard InChI is InChI=1S/C22H28N6O3S2/c1-15-11-27(12-16(2)28(15)21-17-9-10-32-22(17)24-14-23-21)13-20(29)25-18-7-5-6-8-19(18)26(3)33(4,30)31/h5-10,14-16H,11-13H2,1-4H3,(H,25,29). The second kappa shape index (κ2) is 9.24. The third-order valence-electron chi connectivity index (χ3n) is 5.86. The van der Waals surface area contributed by atoms with Crippen molar-refractivity contribution in [2.24, 2.45) is 0 Å². The second-order valence-corrected chi connectivity index (χ2v) is 11.3. The molecule has 4 rings (SSSR count). The van der Waals surface area contributed by atoms with Gasteiger partial charge in [-0.25, -0.2) is 18.4 Å². The first-order valence-electron chi connectivity index (χ1n) is 10.7. The van der Waals surface area contributed by atoms with Crippen molar-refractivity contribution >= 4 is 54.7 Å². The van der Waals surface area contributed by atoms with Crippen LogP contribution in [0.3, 0.4) is 0 Å². The van der Waals surface area contributed by atoms with Crippen molar-refractivity contribution in [2.75, 3.05) is 47.5 Å². The molecule has 1 saturated heterocycles. The fraction of sp³-hybridized carbons (Fsp3) is 0.409. The number of nitrogens with zero attached hydrogens (tertiary/aromatic N) is 5. The smallest absolute Gasteiger partial charge is 0.238 e. The summed E-state index contributed by atoms with van der Waals surface area (Å²) in [7, 11) is -1.97. The monoisotopic (exact) mass is 488 g/mol. The number of aromatic nitrogens is 2. The summed E-state index contributed by atoms with van der Waals surface area (Å²) in [4.78, 5) is 27.2. The molecule has 0 radical (unpaired) electrons. The molecule has 2 unspecified atom stereocenters. The van der Waals surface area contributed by atoms with Crippen molar-refractivity contribution in [2.45, 2.75) is 25.9 Å². The Balaban J connectivity index is 1.45. The third-order valence-corrected chi connectivity index (χ3v) is 7.87. The highest BCUT2D eigenvalue weighted by Crippen LogP contribution is 2.31. The molecule has 1 N–H and O–H groups in total. The zero-order valence-corrected chi connectivity index (χ0v) is 20.7. The maximum atomic E-state index is 12.9. The number of para-hydroxylation sites is 2. The van der Waals surface area contributed by atoms with Gasteiger partial charge in [0.2, 0.25) is 15.9 Å². The number of rotatable bonds is 6. The highest BCUT2D eigenvalue weighted by atomic mass is 32.2. The number of amides is 1. The van der Waals surface area contributed by atoms with E-state index in [9.17, 15) is 13.2 Å². The summed E-state index contributed by atoms with van der Waals surface area (Å²) >= 11 is 1.60. The van der Waals surface area contributed by atoms with E-state index in [1.54, 1.807) is 41.9 Å². The number of thiophene rings is 1. The van der Waals surface area contributed by atoms with Crippen molar-refractivity contribution in [1.82, 2.24) is 14.9 Å². The molecule has 3 heterocycles. The topological polar surface area (TPSA) is 98.7 Å². The van der Waals surface area contributed by atoms with Crippen LogP contribution in [0.1, 0.15) is 13.8 Å². The maximum absolute atomic E-state index is 12.9. The van der Waals surface area contributed by atoms with Crippen LogP contribution in [0.2, 0.25) is 0 Å². The summed E-state index contributed by atoms with van der Waals surface area (Å²) in [6, 6.07) is 9.26. The predicted octanol–water partition coefficient (Wildman–Crippen LogP) is 2.62. The number of sulfonamides is 1. The molecule has 11 heteroatoms. The van der Waals surface area contributed by atoms with Gasteiger partial charge in [-0.2, -0.15) is 0 Å². The Labute approximate surface area is 198 Å². The summed E-state index contributed by atoms with van der Waals surface area (Å²) in [6.07, 6.45) is 2.74. The van der Waals surface area contributed by atoms with Crippen LogP contribution in [-0.2, 0) is 14.8 Å². The maximum Gasteiger partial charge on any atom is 0.238 e. The molecule has 0 saturated carbocycles. The van der Waals surface area contributed by atoms with Gasteiger partial charge in [0, 0.05) is 32.2 Å². The largest absolute Gasteiger partial charge is 0.348 e. The Morgan fingerprint density at radius 2 is 1.88 bits per heavy atom. The number of fused-ring (bicyclic) bond motifs is 1. The zero-order chi connectivity index (χ0) is 23.8. The summed E-state index contributed by atoms with van der Waals surface area (Å²) in [5.74, 6) is 0.752. The zero-order valence-electron chi connectivity index (χ0n) is 19.1. The van der Waals surface area contributed by atoms with E-state index in [2.05, 4.69) is 45.0 Å². The van der Waals surface area contributed by atoms with Gasteiger partial charge in [0.25, 0.3) is 0 Å². The van der Waals surface area contributed by atoms with E-state index in [1.165, 1.54) is 11.4 Å². The van der Waals surface area contributed by atoms with Gasteiger partial charge in [-0.1, -0.05) is 12.1 Å². The van der Waals surface area contributed by atoms with E-state index in [-0.39, 0.29) is 24.5 Å². The molecule has 1 fully saturated rings. The second-order valence-electron chi connectivity index (χ2n) is 8.43. The van der Waals surface area contributed by atoms with Crippen LogP contribution < -0.4 is 14.5 Å². The van der Waals surface area contributed by atoms with Crippen molar-refractivity contribution in [1.29, 1.82) is 0 Å². The van der Waals surface area contributed by atoms with Gasteiger partial charge in [-0.05, 0) is 37.4 Å². The van der Waals surface area contributed by atoms with Gasteiger partial charge in [0.05, 0.1) is 29.6 Å². The molecule has 2 aromatic heterocycles. The van der Waals surface area contributed by atoms with E-state index in [0.29, 0.717) is 24.5 Å². The molecule has 0 spiro atoms. The fourth-order valence-electron chi connectivity index (χ4n) is 4.39. The first kappa shape index (κ1) is 23.4. The van der Waals surface area contributed by atoms with Crippen molar-refractivity contribution in [3.05, 3.63) is 42.0 Å². The number of benzene rings is 1. The number of hydrogen-bond donors (Lipinski definition) is 1. The van der Waals surface area contributed by atoms with Crippen LogP contribution >= 0.6 is 11.3 Å². The minimum absolute atomic E-state index is 0.156. The minimum atomic E-state index is -3.44. The lowest BCUT2D eigenvalue weighted by molar-refractivity contribution is -0.117. The van der Waals surface area contributed by atoms with Crippen LogP contribution in [0.25, 0.3) is 10.2 Å². The predicted molar refractivity (Wildman–Crippen MR) is 134 cm³/mol. The number of nitrogens with one attached hydrogen (secondary N) is 1. The Bertz CT molecular complexity index is 1250. The average molecular weight is 489 g/mol. The van der Waals surface area contributed by atoms with Crippen molar-refractivity contribution < 1.29 is 13.2 Å². The van der Waals surface area contributed by atoms with Crippen LogP contribution in [0, 0.1) is 0 Å². The molecular formula is C22H28N6O3S2. The number of anilines is 3. The molecule has 1 aliphatic rings. The van der Waals surface area contributed by atoms with Gasteiger partial charge < -0.3 is 10.2 Å². The lowest BCUT2D eigenvalue weighted by Crippen LogP contribution is -2.58. The number of carbonyl (C=O) groups is 1. The highest BCUT2D eigenvalue weighted by Gasteiger charge is 2.32. The molecule has 3 aromatic rings. The highest BCUT2D eigenvalue weighted by molar-refractivity contribution is 7.92. The Morgan fingerprint density at radius 1 is 1.18 bits per heavy atom. The molecule has 33 heavy (non-hydrogen) atoms. The first-order valence-corrected chi connectivity index (χ1v) is 13.4. The van der Waals surface area contributed by atoms with E-state index in [1.807, 2.05) is 5.38 Å². The molecule has 0 aliphatic carbocycles. The lowest BCUT2D eigenvalue weighted by Gasteiger charge is -2.45. The molecular weight excluding hydrogens is 460 g/mol. The van der Waals surface area contributed by atoms with Crippen LogP contribution in [0.15, 0.2) is 42.0 Å². The summed E-state index contributed by atoms with van der Waals surface area (Å²) in [5.41, 5.74) is 0.902. The number of piperazine rings is 1. The normalized spacial score (nSPS) is 19.6. The molecule has 9 nitrogen and oxygen atoms in total. The van der Waals surface area contributed by atoms with Crippen LogP contribution in [-0.4, -0.2) is 74.2 Å².